The van der Waals surface area contributed by atoms with Gasteiger partial charge in [0.25, 0.3) is 0 Å². The summed E-state index contributed by atoms with van der Waals surface area (Å²) in [5, 5.41) is 11.9. The Hall–Kier alpha value is -2.41. The number of aryl methyl sites for hydroxylation is 1. The SMILES string of the molecule is Cc1ccc(CNc2cccc(C#N)n2)cn1. The van der Waals surface area contributed by atoms with Gasteiger partial charge < -0.3 is 5.32 Å². The van der Waals surface area contributed by atoms with Crippen molar-refractivity contribution in [3.05, 3.63) is 53.5 Å². The molecule has 0 radical (unpaired) electrons. The second kappa shape index (κ2) is 5.08. The van der Waals surface area contributed by atoms with Crippen LogP contribution in [0.3, 0.4) is 0 Å². The molecule has 2 heterocycles. The molecule has 84 valence electrons. The second-order valence-electron chi connectivity index (χ2n) is 3.68. The number of pyridine rings is 2. The van der Waals surface area contributed by atoms with Gasteiger partial charge in [-0.2, -0.15) is 5.26 Å². The number of aromatic nitrogens is 2. The van der Waals surface area contributed by atoms with Crippen LogP contribution in [-0.4, -0.2) is 9.97 Å². The van der Waals surface area contributed by atoms with Gasteiger partial charge in [-0.1, -0.05) is 12.1 Å². The molecule has 0 saturated heterocycles. The number of anilines is 1. The van der Waals surface area contributed by atoms with Gasteiger partial charge in [0, 0.05) is 18.4 Å². The number of nitriles is 1. The molecule has 0 bridgehead atoms. The summed E-state index contributed by atoms with van der Waals surface area (Å²) in [6.45, 7) is 2.60. The van der Waals surface area contributed by atoms with E-state index in [1.54, 1.807) is 12.1 Å². The van der Waals surface area contributed by atoms with Gasteiger partial charge in [-0.3, -0.25) is 4.98 Å². The first-order chi connectivity index (χ1) is 8.28. The molecule has 0 spiro atoms. The lowest BCUT2D eigenvalue weighted by atomic mass is 10.2. The Bertz CT molecular complexity index is 540. The fourth-order valence-electron chi connectivity index (χ4n) is 1.39. The lowest BCUT2D eigenvalue weighted by Crippen LogP contribution is -2.02. The topological polar surface area (TPSA) is 61.6 Å². The third kappa shape index (κ3) is 3.02. The third-order valence-electron chi connectivity index (χ3n) is 2.31. The van der Waals surface area contributed by atoms with Gasteiger partial charge in [0.05, 0.1) is 0 Å². The molecule has 0 atom stereocenters. The third-order valence-corrected chi connectivity index (χ3v) is 2.31. The van der Waals surface area contributed by atoms with Crippen molar-refractivity contribution in [3.63, 3.8) is 0 Å². The Morgan fingerprint density at radius 1 is 1.29 bits per heavy atom. The van der Waals surface area contributed by atoms with Crippen molar-refractivity contribution in [2.45, 2.75) is 13.5 Å². The summed E-state index contributed by atoms with van der Waals surface area (Å²) in [6.07, 6.45) is 1.83. The fraction of sp³-hybridized carbons (Fsp3) is 0.154. The Morgan fingerprint density at radius 2 is 2.18 bits per heavy atom. The highest BCUT2D eigenvalue weighted by molar-refractivity contribution is 5.39. The van der Waals surface area contributed by atoms with Crippen molar-refractivity contribution >= 4 is 5.82 Å². The molecule has 2 rings (SSSR count). The summed E-state index contributed by atoms with van der Waals surface area (Å²) in [5.74, 6) is 0.699. The van der Waals surface area contributed by atoms with Crippen LogP contribution in [0.4, 0.5) is 5.82 Å². The number of nitrogens with one attached hydrogen (secondary N) is 1. The molecule has 0 saturated carbocycles. The standard InChI is InChI=1S/C13H12N4/c1-10-5-6-11(8-15-10)9-16-13-4-2-3-12(7-14)17-13/h2-6,8H,9H2,1H3,(H,16,17). The summed E-state index contributed by atoms with van der Waals surface area (Å²) in [7, 11) is 0. The monoisotopic (exact) mass is 224 g/mol. The molecule has 0 unspecified atom stereocenters. The average molecular weight is 224 g/mol. The zero-order valence-electron chi connectivity index (χ0n) is 9.51. The van der Waals surface area contributed by atoms with E-state index in [-0.39, 0.29) is 0 Å². The van der Waals surface area contributed by atoms with E-state index in [9.17, 15) is 0 Å². The lowest BCUT2D eigenvalue weighted by molar-refractivity contribution is 1.06. The van der Waals surface area contributed by atoms with Crippen LogP contribution in [0.1, 0.15) is 17.0 Å². The minimum absolute atomic E-state index is 0.414. The van der Waals surface area contributed by atoms with Crippen molar-refractivity contribution in [1.29, 1.82) is 5.26 Å². The molecular weight excluding hydrogens is 212 g/mol. The maximum absolute atomic E-state index is 8.73. The molecule has 4 nitrogen and oxygen atoms in total. The van der Waals surface area contributed by atoms with Gasteiger partial charge in [-0.05, 0) is 30.7 Å². The normalized spacial score (nSPS) is 9.65. The molecule has 0 aliphatic carbocycles. The number of nitrogens with zero attached hydrogens (tertiary/aromatic N) is 3. The zero-order chi connectivity index (χ0) is 12.1. The van der Waals surface area contributed by atoms with E-state index < -0.39 is 0 Å². The highest BCUT2D eigenvalue weighted by Gasteiger charge is 1.97. The molecule has 0 amide bonds. The Morgan fingerprint density at radius 3 is 2.88 bits per heavy atom. The van der Waals surface area contributed by atoms with E-state index in [1.807, 2.05) is 37.4 Å². The maximum atomic E-state index is 8.73. The maximum Gasteiger partial charge on any atom is 0.142 e. The smallest absolute Gasteiger partial charge is 0.142 e. The van der Waals surface area contributed by atoms with Gasteiger partial charge in [-0.25, -0.2) is 4.98 Å². The molecule has 4 heteroatoms. The summed E-state index contributed by atoms with van der Waals surface area (Å²) >= 11 is 0. The summed E-state index contributed by atoms with van der Waals surface area (Å²) < 4.78 is 0. The molecule has 0 aliphatic heterocycles. The lowest BCUT2D eigenvalue weighted by Gasteiger charge is -2.05. The fourth-order valence-corrected chi connectivity index (χ4v) is 1.39. The molecule has 2 aromatic heterocycles. The molecule has 0 fully saturated rings. The predicted octanol–water partition coefficient (Wildman–Crippen LogP) is 2.27. The number of rotatable bonds is 3. The highest BCUT2D eigenvalue weighted by Crippen LogP contribution is 2.07. The van der Waals surface area contributed by atoms with E-state index in [0.717, 1.165) is 11.3 Å². The van der Waals surface area contributed by atoms with Crippen LogP contribution >= 0.6 is 0 Å². The van der Waals surface area contributed by atoms with E-state index in [1.165, 1.54) is 0 Å². The first-order valence-corrected chi connectivity index (χ1v) is 5.30. The van der Waals surface area contributed by atoms with Gasteiger partial charge >= 0.3 is 0 Å². The van der Waals surface area contributed by atoms with Crippen LogP contribution in [-0.2, 0) is 6.54 Å². The average Bonchev–Trinajstić information content (AvgIpc) is 2.38. The van der Waals surface area contributed by atoms with E-state index in [0.29, 0.717) is 18.1 Å². The summed E-state index contributed by atoms with van der Waals surface area (Å²) in [4.78, 5) is 8.34. The van der Waals surface area contributed by atoms with Crippen LogP contribution in [0.25, 0.3) is 0 Å². The van der Waals surface area contributed by atoms with Gasteiger partial charge in [0.15, 0.2) is 0 Å². The Labute approximate surface area is 100.0 Å². The molecular formula is C13H12N4. The van der Waals surface area contributed by atoms with E-state index in [2.05, 4.69) is 15.3 Å². The Balaban J connectivity index is 2.02. The van der Waals surface area contributed by atoms with Crippen molar-refractivity contribution in [2.75, 3.05) is 5.32 Å². The largest absolute Gasteiger partial charge is 0.366 e. The number of hydrogen-bond donors (Lipinski definition) is 1. The van der Waals surface area contributed by atoms with Crippen LogP contribution < -0.4 is 5.32 Å². The van der Waals surface area contributed by atoms with Crippen LogP contribution in [0.15, 0.2) is 36.5 Å². The van der Waals surface area contributed by atoms with Crippen molar-refractivity contribution < 1.29 is 0 Å². The molecule has 0 aliphatic rings. The highest BCUT2D eigenvalue weighted by atomic mass is 15.0. The molecule has 17 heavy (non-hydrogen) atoms. The van der Waals surface area contributed by atoms with E-state index >= 15 is 0 Å². The molecule has 2 aromatic rings. The van der Waals surface area contributed by atoms with Gasteiger partial charge in [0.1, 0.15) is 17.6 Å². The van der Waals surface area contributed by atoms with Gasteiger partial charge in [-0.15, -0.1) is 0 Å². The Kier molecular flexibility index (Phi) is 3.31. The van der Waals surface area contributed by atoms with Crippen LogP contribution in [0, 0.1) is 18.3 Å². The zero-order valence-corrected chi connectivity index (χ0v) is 9.51. The van der Waals surface area contributed by atoms with Crippen molar-refractivity contribution in [3.8, 4) is 6.07 Å². The van der Waals surface area contributed by atoms with Crippen molar-refractivity contribution in [2.24, 2.45) is 0 Å². The summed E-state index contributed by atoms with van der Waals surface area (Å²) in [6, 6.07) is 11.3. The second-order valence-corrected chi connectivity index (χ2v) is 3.68. The predicted molar refractivity (Wildman–Crippen MR) is 65.3 cm³/mol. The quantitative estimate of drug-likeness (QED) is 0.868. The minimum Gasteiger partial charge on any atom is -0.366 e. The van der Waals surface area contributed by atoms with Crippen molar-refractivity contribution in [1.82, 2.24) is 9.97 Å². The first-order valence-electron chi connectivity index (χ1n) is 5.30. The van der Waals surface area contributed by atoms with Crippen LogP contribution in [0.2, 0.25) is 0 Å². The summed E-state index contributed by atoms with van der Waals surface area (Å²) in [5.41, 5.74) is 2.50. The van der Waals surface area contributed by atoms with Crippen LogP contribution in [0.5, 0.6) is 0 Å². The number of hydrogen-bond acceptors (Lipinski definition) is 4. The van der Waals surface area contributed by atoms with E-state index in [4.69, 9.17) is 5.26 Å². The van der Waals surface area contributed by atoms with Gasteiger partial charge in [0.2, 0.25) is 0 Å². The first kappa shape index (κ1) is 11.1. The minimum atomic E-state index is 0.414. The molecule has 1 N–H and O–H groups in total. The molecule has 0 aromatic carbocycles.